The van der Waals surface area contributed by atoms with Gasteiger partial charge in [-0.25, -0.2) is 9.97 Å². The standard InChI is InChI=1S/C21H21N5/c1-14-6-8-18(9-7-14)26-16(3)15(2)19-20(24-13-25-21(19)26)23-12-17-5-4-10-22-11-17/h4-11,13H,12H2,1-3H3,(H,23,24,25). The average Bonchev–Trinajstić information content (AvgIpc) is 2.93. The predicted octanol–water partition coefficient (Wildman–Crippen LogP) is 4.35. The summed E-state index contributed by atoms with van der Waals surface area (Å²) in [5.74, 6) is 0.852. The molecule has 0 atom stereocenters. The number of benzene rings is 1. The number of aryl methyl sites for hydroxylation is 2. The van der Waals surface area contributed by atoms with Crippen molar-refractivity contribution in [2.75, 3.05) is 5.32 Å². The Balaban J connectivity index is 1.79. The fourth-order valence-electron chi connectivity index (χ4n) is 3.23. The zero-order valence-corrected chi connectivity index (χ0v) is 15.2. The van der Waals surface area contributed by atoms with Crippen LogP contribution in [0, 0.1) is 20.8 Å². The molecule has 3 aromatic heterocycles. The molecule has 3 heterocycles. The minimum absolute atomic E-state index is 0.675. The minimum atomic E-state index is 0.675. The van der Waals surface area contributed by atoms with E-state index in [1.165, 1.54) is 16.8 Å². The van der Waals surface area contributed by atoms with Gasteiger partial charge in [-0.05, 0) is 50.1 Å². The van der Waals surface area contributed by atoms with Gasteiger partial charge in [0.2, 0.25) is 0 Å². The molecule has 1 N–H and O–H groups in total. The van der Waals surface area contributed by atoms with Crippen molar-refractivity contribution in [3.63, 3.8) is 0 Å². The third-order valence-corrected chi connectivity index (χ3v) is 4.77. The number of anilines is 1. The van der Waals surface area contributed by atoms with E-state index in [0.717, 1.165) is 28.1 Å². The molecule has 4 aromatic rings. The van der Waals surface area contributed by atoms with Crippen LogP contribution in [0.1, 0.15) is 22.4 Å². The molecular formula is C21H21N5. The second kappa shape index (κ2) is 6.59. The van der Waals surface area contributed by atoms with Gasteiger partial charge in [0.15, 0.2) is 5.65 Å². The monoisotopic (exact) mass is 343 g/mol. The van der Waals surface area contributed by atoms with Gasteiger partial charge in [-0.3, -0.25) is 9.55 Å². The van der Waals surface area contributed by atoms with Crippen molar-refractivity contribution >= 4 is 16.9 Å². The van der Waals surface area contributed by atoms with Gasteiger partial charge < -0.3 is 5.32 Å². The van der Waals surface area contributed by atoms with Crippen LogP contribution < -0.4 is 5.32 Å². The second-order valence-corrected chi connectivity index (χ2v) is 6.52. The third-order valence-electron chi connectivity index (χ3n) is 4.77. The maximum Gasteiger partial charge on any atom is 0.150 e. The van der Waals surface area contributed by atoms with Crippen molar-refractivity contribution in [1.29, 1.82) is 0 Å². The Kier molecular flexibility index (Phi) is 4.13. The molecule has 26 heavy (non-hydrogen) atoms. The third kappa shape index (κ3) is 2.81. The van der Waals surface area contributed by atoms with Crippen LogP contribution in [0.15, 0.2) is 55.1 Å². The van der Waals surface area contributed by atoms with Crippen molar-refractivity contribution in [2.45, 2.75) is 27.3 Å². The first-order valence-electron chi connectivity index (χ1n) is 8.67. The summed E-state index contributed by atoms with van der Waals surface area (Å²) in [5.41, 5.74) is 6.76. The summed E-state index contributed by atoms with van der Waals surface area (Å²) in [5, 5.41) is 4.51. The van der Waals surface area contributed by atoms with Crippen LogP contribution in [-0.2, 0) is 6.54 Å². The summed E-state index contributed by atoms with van der Waals surface area (Å²) in [6.45, 7) is 7.02. The molecule has 5 nitrogen and oxygen atoms in total. The molecule has 0 unspecified atom stereocenters. The number of nitrogens with one attached hydrogen (secondary N) is 1. The molecule has 0 saturated carbocycles. The van der Waals surface area contributed by atoms with E-state index in [9.17, 15) is 0 Å². The maximum atomic E-state index is 4.58. The van der Waals surface area contributed by atoms with E-state index < -0.39 is 0 Å². The van der Waals surface area contributed by atoms with Crippen molar-refractivity contribution in [3.8, 4) is 5.69 Å². The molecule has 0 aliphatic heterocycles. The predicted molar refractivity (Wildman–Crippen MR) is 105 cm³/mol. The van der Waals surface area contributed by atoms with Crippen molar-refractivity contribution in [1.82, 2.24) is 19.5 Å². The largest absolute Gasteiger partial charge is 0.365 e. The average molecular weight is 343 g/mol. The number of hydrogen-bond donors (Lipinski definition) is 1. The summed E-state index contributed by atoms with van der Waals surface area (Å²) in [4.78, 5) is 13.2. The summed E-state index contributed by atoms with van der Waals surface area (Å²) < 4.78 is 2.20. The maximum absolute atomic E-state index is 4.58. The van der Waals surface area contributed by atoms with Crippen LogP contribution in [0.25, 0.3) is 16.7 Å². The molecule has 5 heteroatoms. The molecule has 4 rings (SSSR count). The Morgan fingerprint density at radius 3 is 2.54 bits per heavy atom. The van der Waals surface area contributed by atoms with Gasteiger partial charge in [0.1, 0.15) is 12.1 Å². The van der Waals surface area contributed by atoms with E-state index in [4.69, 9.17) is 0 Å². The first kappa shape index (κ1) is 16.3. The van der Waals surface area contributed by atoms with Gasteiger partial charge in [0.25, 0.3) is 0 Å². The summed E-state index contributed by atoms with van der Waals surface area (Å²) in [6.07, 6.45) is 5.26. The molecule has 0 saturated heterocycles. The molecule has 0 aliphatic carbocycles. The van der Waals surface area contributed by atoms with Gasteiger partial charge in [0.05, 0.1) is 5.39 Å². The second-order valence-electron chi connectivity index (χ2n) is 6.52. The molecule has 0 amide bonds. The highest BCUT2D eigenvalue weighted by atomic mass is 15.1. The van der Waals surface area contributed by atoms with Gasteiger partial charge in [-0.15, -0.1) is 0 Å². The molecule has 0 fully saturated rings. The number of rotatable bonds is 4. The van der Waals surface area contributed by atoms with Crippen LogP contribution in [0.4, 0.5) is 5.82 Å². The number of pyridine rings is 1. The lowest BCUT2D eigenvalue weighted by molar-refractivity contribution is 1.01. The zero-order valence-electron chi connectivity index (χ0n) is 15.2. The molecule has 130 valence electrons. The Labute approximate surface area is 152 Å². The van der Waals surface area contributed by atoms with Crippen LogP contribution in [0.5, 0.6) is 0 Å². The molecular weight excluding hydrogens is 322 g/mol. The van der Waals surface area contributed by atoms with E-state index >= 15 is 0 Å². The smallest absolute Gasteiger partial charge is 0.150 e. The highest BCUT2D eigenvalue weighted by molar-refractivity contribution is 5.93. The van der Waals surface area contributed by atoms with E-state index in [-0.39, 0.29) is 0 Å². The Morgan fingerprint density at radius 2 is 1.81 bits per heavy atom. The number of aromatic nitrogens is 4. The first-order chi connectivity index (χ1) is 12.6. The molecule has 0 spiro atoms. The van der Waals surface area contributed by atoms with Crippen molar-refractivity contribution < 1.29 is 0 Å². The lowest BCUT2D eigenvalue weighted by Crippen LogP contribution is -2.03. The van der Waals surface area contributed by atoms with Crippen LogP contribution in [0.3, 0.4) is 0 Å². The van der Waals surface area contributed by atoms with Crippen molar-refractivity contribution in [3.05, 3.63) is 77.5 Å². The lowest BCUT2D eigenvalue weighted by atomic mass is 10.2. The number of hydrogen-bond acceptors (Lipinski definition) is 4. The van der Waals surface area contributed by atoms with E-state index in [2.05, 4.69) is 69.9 Å². The first-order valence-corrected chi connectivity index (χ1v) is 8.67. The summed E-state index contributed by atoms with van der Waals surface area (Å²) >= 11 is 0. The van der Waals surface area contributed by atoms with Gasteiger partial charge >= 0.3 is 0 Å². The van der Waals surface area contributed by atoms with E-state index in [1.807, 2.05) is 18.3 Å². The van der Waals surface area contributed by atoms with Crippen LogP contribution in [0.2, 0.25) is 0 Å². The molecule has 0 aliphatic rings. The Morgan fingerprint density at radius 1 is 1.00 bits per heavy atom. The number of nitrogens with zero attached hydrogens (tertiary/aromatic N) is 4. The SMILES string of the molecule is Cc1ccc(-n2c(C)c(C)c3c(NCc4cccnc4)ncnc32)cc1. The highest BCUT2D eigenvalue weighted by Gasteiger charge is 2.17. The minimum Gasteiger partial charge on any atom is -0.365 e. The Bertz CT molecular complexity index is 1050. The summed E-state index contributed by atoms with van der Waals surface area (Å²) in [6, 6.07) is 12.5. The zero-order chi connectivity index (χ0) is 18.1. The Hall–Kier alpha value is -3.21. The fourth-order valence-corrected chi connectivity index (χ4v) is 3.23. The fraction of sp³-hybridized carbons (Fsp3) is 0.190. The molecule has 0 radical (unpaired) electrons. The quantitative estimate of drug-likeness (QED) is 0.598. The van der Waals surface area contributed by atoms with Gasteiger partial charge in [-0.1, -0.05) is 23.8 Å². The van der Waals surface area contributed by atoms with E-state index in [0.29, 0.717) is 6.54 Å². The van der Waals surface area contributed by atoms with Crippen molar-refractivity contribution in [2.24, 2.45) is 0 Å². The van der Waals surface area contributed by atoms with Crippen LogP contribution >= 0.6 is 0 Å². The molecule has 0 bridgehead atoms. The van der Waals surface area contributed by atoms with E-state index in [1.54, 1.807) is 12.5 Å². The number of fused-ring (bicyclic) bond motifs is 1. The normalized spacial score (nSPS) is 11.0. The van der Waals surface area contributed by atoms with Crippen LogP contribution in [-0.4, -0.2) is 19.5 Å². The topological polar surface area (TPSA) is 55.6 Å². The summed E-state index contributed by atoms with van der Waals surface area (Å²) in [7, 11) is 0. The van der Waals surface area contributed by atoms with Gasteiger partial charge in [-0.2, -0.15) is 0 Å². The van der Waals surface area contributed by atoms with Gasteiger partial charge in [0, 0.05) is 30.3 Å². The highest BCUT2D eigenvalue weighted by Crippen LogP contribution is 2.31. The molecule has 1 aromatic carbocycles. The lowest BCUT2D eigenvalue weighted by Gasteiger charge is -2.09.